The fourth-order valence-electron chi connectivity index (χ4n) is 3.99. The number of aromatic nitrogens is 3. The highest BCUT2D eigenvalue weighted by molar-refractivity contribution is 6.09. The number of hydrogen-bond donors (Lipinski definition) is 0. The van der Waals surface area contributed by atoms with E-state index in [1.54, 1.807) is 7.11 Å². The minimum absolute atomic E-state index is 0.101. The number of hydrogen-bond acceptors (Lipinski definition) is 3. The fraction of sp³-hybridized carbons (Fsp3) is 0.185. The highest BCUT2D eigenvalue weighted by atomic mass is 16.5. The molecule has 0 amide bonds. The van der Waals surface area contributed by atoms with Gasteiger partial charge in [-0.3, -0.25) is 4.98 Å². The second-order valence-corrected chi connectivity index (χ2v) is 8.83. The molecule has 0 aliphatic rings. The summed E-state index contributed by atoms with van der Waals surface area (Å²) in [7, 11) is 1.69. The highest BCUT2D eigenvalue weighted by Crippen LogP contribution is 2.35. The molecule has 0 unspecified atom stereocenters. The van der Waals surface area contributed by atoms with Crippen LogP contribution in [-0.2, 0) is 5.41 Å². The molecule has 0 saturated heterocycles. The number of rotatable bonds is 3. The summed E-state index contributed by atoms with van der Waals surface area (Å²) >= 11 is 0. The molecule has 5 aromatic rings. The van der Waals surface area contributed by atoms with Crippen molar-refractivity contribution in [1.29, 1.82) is 0 Å². The number of pyridine rings is 1. The molecule has 0 atom stereocenters. The SMILES string of the molecule is COc1ccc2ncc3c(-c4ccccc4)nn(-c4ccc(C(C)(C)C)cc4)c3c2c1. The third kappa shape index (κ3) is 3.34. The first kappa shape index (κ1) is 19.3. The molecule has 2 heterocycles. The zero-order valence-corrected chi connectivity index (χ0v) is 18.3. The lowest BCUT2D eigenvalue weighted by Crippen LogP contribution is -2.11. The molecule has 4 heteroatoms. The number of methoxy groups -OCH3 is 1. The Hall–Kier alpha value is -3.66. The highest BCUT2D eigenvalue weighted by Gasteiger charge is 2.18. The first-order chi connectivity index (χ1) is 15.0. The van der Waals surface area contributed by atoms with Crippen molar-refractivity contribution in [3.05, 3.63) is 84.6 Å². The molecule has 4 nitrogen and oxygen atoms in total. The third-order valence-corrected chi connectivity index (χ3v) is 5.74. The number of benzene rings is 3. The van der Waals surface area contributed by atoms with Gasteiger partial charge in [0.2, 0.25) is 0 Å². The fourth-order valence-corrected chi connectivity index (χ4v) is 3.99. The van der Waals surface area contributed by atoms with Gasteiger partial charge in [0.15, 0.2) is 0 Å². The van der Waals surface area contributed by atoms with Crippen molar-refractivity contribution in [2.45, 2.75) is 26.2 Å². The number of ether oxygens (including phenoxy) is 1. The number of nitrogens with zero attached hydrogens (tertiary/aromatic N) is 3. The molecular weight excluding hydrogens is 382 g/mol. The van der Waals surface area contributed by atoms with Crippen LogP contribution in [0.1, 0.15) is 26.3 Å². The van der Waals surface area contributed by atoms with E-state index in [0.29, 0.717) is 0 Å². The summed E-state index contributed by atoms with van der Waals surface area (Å²) < 4.78 is 7.54. The molecule has 0 fully saturated rings. The van der Waals surface area contributed by atoms with E-state index < -0.39 is 0 Å². The van der Waals surface area contributed by atoms with Gasteiger partial charge < -0.3 is 4.74 Å². The van der Waals surface area contributed by atoms with Crippen LogP contribution in [0.5, 0.6) is 5.75 Å². The molecule has 0 bridgehead atoms. The lowest BCUT2D eigenvalue weighted by Gasteiger charge is -2.19. The Labute approximate surface area is 182 Å². The van der Waals surface area contributed by atoms with Crippen molar-refractivity contribution in [2.24, 2.45) is 0 Å². The Morgan fingerprint density at radius 2 is 1.58 bits per heavy atom. The normalized spacial score (nSPS) is 11.9. The summed E-state index contributed by atoms with van der Waals surface area (Å²) in [5.74, 6) is 0.805. The predicted octanol–water partition coefficient (Wildman–Crippen LogP) is 6.55. The maximum atomic E-state index is 5.50. The van der Waals surface area contributed by atoms with Crippen LogP contribution < -0.4 is 4.74 Å². The van der Waals surface area contributed by atoms with Crippen LogP contribution >= 0.6 is 0 Å². The van der Waals surface area contributed by atoms with Crippen molar-refractivity contribution < 1.29 is 4.74 Å². The van der Waals surface area contributed by atoms with Crippen LogP contribution in [0.25, 0.3) is 38.8 Å². The van der Waals surface area contributed by atoms with Gasteiger partial charge in [-0.2, -0.15) is 5.10 Å². The van der Waals surface area contributed by atoms with Crippen molar-refractivity contribution in [2.75, 3.05) is 7.11 Å². The molecule has 0 N–H and O–H groups in total. The summed E-state index contributed by atoms with van der Waals surface area (Å²) in [6.45, 7) is 6.68. The Morgan fingerprint density at radius 1 is 0.839 bits per heavy atom. The van der Waals surface area contributed by atoms with Gasteiger partial charge in [-0.15, -0.1) is 0 Å². The molecule has 0 radical (unpaired) electrons. The average Bonchev–Trinajstić information content (AvgIpc) is 3.19. The Balaban J connectivity index is 1.83. The average molecular weight is 408 g/mol. The quantitative estimate of drug-likeness (QED) is 0.341. The molecule has 31 heavy (non-hydrogen) atoms. The molecule has 0 aliphatic carbocycles. The van der Waals surface area contributed by atoms with Crippen molar-refractivity contribution in [3.63, 3.8) is 0 Å². The summed E-state index contributed by atoms with van der Waals surface area (Å²) in [6, 6.07) is 24.9. The molecule has 154 valence electrons. The Bertz CT molecular complexity index is 1380. The maximum Gasteiger partial charge on any atom is 0.119 e. The van der Waals surface area contributed by atoms with Crippen LogP contribution in [0.2, 0.25) is 0 Å². The molecule has 0 aliphatic heterocycles. The molecule has 3 aromatic carbocycles. The van der Waals surface area contributed by atoms with E-state index in [1.807, 2.05) is 47.3 Å². The van der Waals surface area contributed by atoms with Crippen LogP contribution in [0, 0.1) is 0 Å². The maximum absolute atomic E-state index is 5.50. The van der Waals surface area contributed by atoms with Gasteiger partial charge >= 0.3 is 0 Å². The zero-order chi connectivity index (χ0) is 21.6. The molecular formula is C27H25N3O. The standard InChI is InChI=1S/C27H25N3O/c1-27(2,3)19-10-12-20(13-11-19)30-26-22-16-21(31-4)14-15-24(22)28-17-23(26)25(29-30)18-8-6-5-7-9-18/h5-17H,1-4H3. The van der Waals surface area contributed by atoms with Gasteiger partial charge in [0.05, 0.1) is 23.8 Å². The Morgan fingerprint density at radius 3 is 2.26 bits per heavy atom. The monoisotopic (exact) mass is 407 g/mol. The third-order valence-electron chi connectivity index (χ3n) is 5.74. The van der Waals surface area contributed by atoms with Crippen molar-refractivity contribution in [1.82, 2.24) is 14.8 Å². The van der Waals surface area contributed by atoms with Gasteiger partial charge in [-0.05, 0) is 41.3 Å². The second kappa shape index (κ2) is 7.24. The van der Waals surface area contributed by atoms with Crippen molar-refractivity contribution in [3.8, 4) is 22.7 Å². The predicted molar refractivity (Wildman–Crippen MR) is 127 cm³/mol. The van der Waals surface area contributed by atoms with E-state index in [2.05, 4.69) is 57.2 Å². The first-order valence-corrected chi connectivity index (χ1v) is 10.5. The van der Waals surface area contributed by atoms with E-state index in [1.165, 1.54) is 5.56 Å². The van der Waals surface area contributed by atoms with Gasteiger partial charge in [-0.25, -0.2) is 4.68 Å². The van der Waals surface area contributed by atoms with E-state index in [4.69, 9.17) is 14.8 Å². The largest absolute Gasteiger partial charge is 0.497 e. The summed E-state index contributed by atoms with van der Waals surface area (Å²) in [5.41, 5.74) is 6.37. The van der Waals surface area contributed by atoms with E-state index >= 15 is 0 Å². The van der Waals surface area contributed by atoms with Crippen LogP contribution in [0.4, 0.5) is 0 Å². The second-order valence-electron chi connectivity index (χ2n) is 8.83. The summed E-state index contributed by atoms with van der Waals surface area (Å²) in [4.78, 5) is 4.72. The van der Waals surface area contributed by atoms with E-state index in [0.717, 1.165) is 44.5 Å². The first-order valence-electron chi connectivity index (χ1n) is 10.5. The van der Waals surface area contributed by atoms with Gasteiger partial charge in [0, 0.05) is 22.5 Å². The van der Waals surface area contributed by atoms with Crippen LogP contribution in [0.15, 0.2) is 79.0 Å². The molecule has 2 aromatic heterocycles. The summed E-state index contributed by atoms with van der Waals surface area (Å²) in [6.07, 6.45) is 1.93. The Kier molecular flexibility index (Phi) is 4.51. The lowest BCUT2D eigenvalue weighted by molar-refractivity contribution is 0.415. The van der Waals surface area contributed by atoms with E-state index in [-0.39, 0.29) is 5.41 Å². The number of fused-ring (bicyclic) bond motifs is 3. The van der Waals surface area contributed by atoms with Gasteiger partial charge in [-0.1, -0.05) is 63.2 Å². The summed E-state index contributed by atoms with van der Waals surface area (Å²) in [5, 5.41) is 7.10. The topological polar surface area (TPSA) is 39.9 Å². The zero-order valence-electron chi connectivity index (χ0n) is 18.3. The minimum atomic E-state index is 0.101. The molecule has 0 spiro atoms. The molecule has 5 rings (SSSR count). The minimum Gasteiger partial charge on any atom is -0.497 e. The van der Waals surface area contributed by atoms with Crippen molar-refractivity contribution >= 4 is 21.8 Å². The smallest absolute Gasteiger partial charge is 0.119 e. The van der Waals surface area contributed by atoms with E-state index in [9.17, 15) is 0 Å². The molecule has 0 saturated carbocycles. The van der Waals surface area contributed by atoms with Gasteiger partial charge in [0.1, 0.15) is 11.4 Å². The van der Waals surface area contributed by atoms with Crippen LogP contribution in [0.3, 0.4) is 0 Å². The van der Waals surface area contributed by atoms with Crippen LogP contribution in [-0.4, -0.2) is 21.9 Å². The lowest BCUT2D eigenvalue weighted by atomic mass is 9.87. The van der Waals surface area contributed by atoms with Gasteiger partial charge in [0.25, 0.3) is 0 Å².